The summed E-state index contributed by atoms with van der Waals surface area (Å²) >= 11 is 0. The van der Waals surface area contributed by atoms with Crippen LogP contribution in [0.4, 0.5) is 0 Å². The normalized spacial score (nSPS) is 15.7. The Morgan fingerprint density at radius 2 is 0.745 bits per heavy atom. The van der Waals surface area contributed by atoms with Crippen LogP contribution in [0, 0.1) is 0 Å². The van der Waals surface area contributed by atoms with Gasteiger partial charge < -0.3 is 0 Å². The van der Waals surface area contributed by atoms with Gasteiger partial charge in [-0.2, -0.15) is 0 Å². The molecule has 0 N–H and O–H groups in total. The van der Waals surface area contributed by atoms with E-state index in [1.54, 1.807) is 0 Å². The van der Waals surface area contributed by atoms with Crippen LogP contribution < -0.4 is 0 Å². The molecule has 2 unspecified atom stereocenters. The lowest BCUT2D eigenvalue weighted by Gasteiger charge is -2.33. The van der Waals surface area contributed by atoms with Gasteiger partial charge in [0.2, 0.25) is 0 Å². The fourth-order valence-electron chi connectivity index (χ4n) is 18.8. The van der Waals surface area contributed by atoms with Crippen molar-refractivity contribution in [3.63, 3.8) is 0 Å². The summed E-state index contributed by atoms with van der Waals surface area (Å²) in [7, 11) is 0. The third-order valence-corrected chi connectivity index (χ3v) is 23.8. The maximum Gasteiger partial charge on any atom is 0.103 e. The predicted octanol–water partition coefficient (Wildman–Crippen LogP) is 25.6. The summed E-state index contributed by atoms with van der Waals surface area (Å²) in [6, 6.07) is 105. The third-order valence-electron chi connectivity index (χ3n) is 23.8. The summed E-state index contributed by atoms with van der Waals surface area (Å²) < 4.78 is 0. The van der Waals surface area contributed by atoms with Crippen molar-refractivity contribution in [2.24, 2.45) is 4.99 Å². The van der Waals surface area contributed by atoms with Crippen LogP contribution in [-0.2, 0) is 10.8 Å². The number of dihydropyridines is 1. The number of hydrogen-bond acceptors (Lipinski definition) is 4. The first-order valence-corrected chi connectivity index (χ1v) is 35.8. The SMILES string of the molecule is CC1(C)c2ccccc2-c2cc3c4ccccc4c4cc(-c5ccc(-c6ccc7c(n6)C6N=CC=CC6c6cccc(-c8ccc9c(c8)c8ccc(-c%10cccc(-c%11ccc%12c(c%11)c%11ccccc%11c%11cc%13c(cc%12%11)C(C)(C)c%11ccccc%11-%13)c%10)nc8c8ncccc98)c6-7)cc5)ccc4c3cc21. The van der Waals surface area contributed by atoms with Gasteiger partial charge in [-0.25, -0.2) is 9.97 Å². The van der Waals surface area contributed by atoms with Crippen LogP contribution in [0.25, 0.3) is 186 Å². The Morgan fingerprint density at radius 3 is 1.41 bits per heavy atom. The quantitative estimate of drug-likeness (QED) is 0.161. The van der Waals surface area contributed by atoms with Crippen LogP contribution >= 0.6 is 0 Å². The van der Waals surface area contributed by atoms with Gasteiger partial charge in [0.25, 0.3) is 0 Å². The highest BCUT2D eigenvalue weighted by Crippen LogP contribution is 2.56. The minimum absolute atomic E-state index is 0.0270. The molecule has 0 bridgehead atoms. The van der Waals surface area contributed by atoms with E-state index in [1.807, 2.05) is 18.5 Å². The molecule has 4 nitrogen and oxygen atoms in total. The molecule has 0 amide bonds. The van der Waals surface area contributed by atoms with Gasteiger partial charge in [-0.1, -0.05) is 240 Å². The summed E-state index contributed by atoms with van der Waals surface area (Å²) in [6.45, 7) is 9.49. The van der Waals surface area contributed by atoms with Crippen LogP contribution in [0.5, 0.6) is 0 Å². The molecular weight excluding hydrogens is 1230 g/mol. The van der Waals surface area contributed by atoms with Crippen molar-refractivity contribution in [2.45, 2.75) is 50.5 Å². The summed E-state index contributed by atoms with van der Waals surface area (Å²) in [4.78, 5) is 21.5. The van der Waals surface area contributed by atoms with Gasteiger partial charge in [0.15, 0.2) is 0 Å². The maximum atomic E-state index is 5.63. The molecule has 0 saturated carbocycles. The predicted molar refractivity (Wildman–Crippen MR) is 428 cm³/mol. The van der Waals surface area contributed by atoms with E-state index in [-0.39, 0.29) is 22.8 Å². The Morgan fingerprint density at radius 1 is 0.284 bits per heavy atom. The summed E-state index contributed by atoms with van der Waals surface area (Å²) in [5.74, 6) is 0.0270. The molecule has 476 valence electrons. The van der Waals surface area contributed by atoms with E-state index >= 15 is 0 Å². The van der Waals surface area contributed by atoms with Gasteiger partial charge in [-0.3, -0.25) is 9.98 Å². The number of nitrogens with zero attached hydrogens (tertiary/aromatic N) is 4. The topological polar surface area (TPSA) is 51.0 Å². The van der Waals surface area contributed by atoms with Crippen LogP contribution in [0.1, 0.15) is 73.2 Å². The van der Waals surface area contributed by atoms with E-state index in [4.69, 9.17) is 19.9 Å². The zero-order valence-corrected chi connectivity index (χ0v) is 56.8. The summed E-state index contributed by atoms with van der Waals surface area (Å²) in [6.07, 6.45) is 8.26. The Balaban J connectivity index is 0.611. The molecule has 3 aliphatic carbocycles. The lowest BCUT2D eigenvalue weighted by atomic mass is 9.74. The second-order valence-corrected chi connectivity index (χ2v) is 29.8. The van der Waals surface area contributed by atoms with E-state index < -0.39 is 0 Å². The third kappa shape index (κ3) is 8.09. The average Bonchev–Trinajstić information content (AvgIpc) is 1.44. The molecule has 0 spiro atoms. The number of fused-ring (bicyclic) bond motifs is 30. The molecule has 2 atom stereocenters. The van der Waals surface area contributed by atoms with Gasteiger partial charge in [-0.15, -0.1) is 0 Å². The standard InChI is InChI=1S/C98H64N4/c1-97(2)86-29-11-9-23-70(86)84-51-80-65-21-7-5-19-63(65)77-48-58(35-38-68(77)82(80)53-88(84)97)55-31-33-56(34-32-55)90-44-42-76-92-62(25-14-26-72(92)74-28-16-46-100-94(74)96(76)101-90)60-37-40-67-73-27-15-45-99-93(73)95-75(79(67)50-60)41-43-91(102-95)61-18-13-17-57(47-61)59-36-39-69-78(49-59)64-20-6-8-22-66(64)81-52-85-71-24-10-12-30-87(71)98(3,4)89(85)54-83(69)81/h5-54,74,94H,1-4H3. The fraction of sp³-hybridized carbons (Fsp3) is 0.0816. The molecule has 0 radical (unpaired) electrons. The number of hydrogen-bond donors (Lipinski definition) is 0. The summed E-state index contributed by atoms with van der Waals surface area (Å²) in [5.41, 5.74) is 28.1. The van der Waals surface area contributed by atoms with E-state index in [1.165, 1.54) is 143 Å². The van der Waals surface area contributed by atoms with Gasteiger partial charge in [0.05, 0.1) is 28.1 Å². The van der Waals surface area contributed by atoms with Gasteiger partial charge in [0, 0.05) is 56.6 Å². The molecule has 0 saturated heterocycles. The molecule has 15 aromatic carbocycles. The lowest BCUT2D eigenvalue weighted by molar-refractivity contribution is 0.620. The van der Waals surface area contributed by atoms with Crippen molar-refractivity contribution >= 4 is 103 Å². The smallest absolute Gasteiger partial charge is 0.103 e. The highest BCUT2D eigenvalue weighted by molar-refractivity contribution is 6.29. The molecular formula is C98H64N4. The zero-order valence-electron chi connectivity index (χ0n) is 56.8. The average molecular weight is 1300 g/mol. The Labute approximate surface area is 590 Å². The molecule has 3 aromatic heterocycles. The monoisotopic (exact) mass is 1300 g/mol. The number of pyridine rings is 3. The van der Waals surface area contributed by atoms with Gasteiger partial charge in [0.1, 0.15) is 6.04 Å². The lowest BCUT2D eigenvalue weighted by Crippen LogP contribution is -2.19. The molecule has 102 heavy (non-hydrogen) atoms. The Hall–Kier alpha value is -12.5. The van der Waals surface area contributed by atoms with Crippen molar-refractivity contribution in [3.8, 4) is 89.3 Å². The molecule has 22 rings (SSSR count). The number of benzene rings is 15. The van der Waals surface area contributed by atoms with Crippen LogP contribution in [0.2, 0.25) is 0 Å². The van der Waals surface area contributed by atoms with E-state index in [2.05, 4.69) is 313 Å². The molecule has 4 heterocycles. The van der Waals surface area contributed by atoms with Crippen molar-refractivity contribution in [1.29, 1.82) is 0 Å². The van der Waals surface area contributed by atoms with E-state index in [0.29, 0.717) is 0 Å². The first-order chi connectivity index (χ1) is 50.1. The van der Waals surface area contributed by atoms with E-state index in [0.717, 1.165) is 77.5 Å². The first-order valence-electron chi connectivity index (χ1n) is 35.8. The fourth-order valence-corrected chi connectivity index (χ4v) is 18.8. The molecule has 4 aliphatic rings. The van der Waals surface area contributed by atoms with Crippen LogP contribution in [-0.4, -0.2) is 21.2 Å². The second-order valence-electron chi connectivity index (χ2n) is 29.8. The molecule has 4 heteroatoms. The van der Waals surface area contributed by atoms with E-state index in [9.17, 15) is 0 Å². The highest BCUT2D eigenvalue weighted by atomic mass is 14.9. The Kier molecular flexibility index (Phi) is 11.8. The van der Waals surface area contributed by atoms with Crippen LogP contribution in [0.3, 0.4) is 0 Å². The number of rotatable bonds is 5. The van der Waals surface area contributed by atoms with Crippen LogP contribution in [0.15, 0.2) is 302 Å². The van der Waals surface area contributed by atoms with Crippen molar-refractivity contribution in [2.75, 3.05) is 0 Å². The Bertz CT molecular complexity index is 6880. The number of aromatic nitrogens is 3. The van der Waals surface area contributed by atoms with Crippen molar-refractivity contribution < 1.29 is 0 Å². The number of aliphatic imine (C=N–C) groups is 1. The second kappa shape index (κ2) is 21.0. The minimum atomic E-state index is -0.152. The zero-order chi connectivity index (χ0) is 67.4. The highest BCUT2D eigenvalue weighted by Gasteiger charge is 2.39. The largest absolute Gasteiger partial charge is 0.282 e. The minimum Gasteiger partial charge on any atom is -0.282 e. The van der Waals surface area contributed by atoms with Gasteiger partial charge >= 0.3 is 0 Å². The summed E-state index contributed by atoms with van der Waals surface area (Å²) in [5, 5.41) is 19.8. The first kappa shape index (κ1) is 57.4. The molecule has 18 aromatic rings. The number of allylic oxidation sites excluding steroid dienone is 1. The molecule has 1 aliphatic heterocycles. The molecule has 0 fully saturated rings. The maximum absolute atomic E-state index is 5.63. The van der Waals surface area contributed by atoms with Crippen molar-refractivity contribution in [1.82, 2.24) is 15.0 Å². The van der Waals surface area contributed by atoms with Gasteiger partial charge in [-0.05, 0) is 243 Å². The van der Waals surface area contributed by atoms with Crippen molar-refractivity contribution in [3.05, 3.63) is 331 Å².